The van der Waals surface area contributed by atoms with Crippen LogP contribution in [-0.4, -0.2) is 10.8 Å². The lowest BCUT2D eigenvalue weighted by molar-refractivity contribution is 0.455. The Kier molecular flexibility index (Phi) is 3.49. The van der Waals surface area contributed by atoms with Gasteiger partial charge in [0.2, 0.25) is 0 Å². The number of hydrogen-bond acceptors (Lipinski definition) is 3. The molecule has 3 rings (SSSR count). The molecule has 2 aromatic carbocycles. The summed E-state index contributed by atoms with van der Waals surface area (Å²) in [5.74, 6) is 0.297. The molecule has 0 radical (unpaired) electrons. The predicted octanol–water partition coefficient (Wildman–Crippen LogP) is 3.90. The second kappa shape index (κ2) is 5.29. The van der Waals surface area contributed by atoms with Crippen molar-refractivity contribution in [3.63, 3.8) is 0 Å². The molecule has 0 amide bonds. The zero-order valence-corrected chi connectivity index (χ0v) is 12.7. The van der Waals surface area contributed by atoms with Crippen molar-refractivity contribution in [1.29, 1.82) is 0 Å². The molecule has 0 fully saturated rings. The third kappa shape index (κ3) is 2.56. The largest absolute Gasteiger partial charge is 0.508 e. The summed E-state index contributed by atoms with van der Waals surface area (Å²) in [5.41, 5.74) is 7.36. The number of halogens is 1. The van der Waals surface area contributed by atoms with Crippen molar-refractivity contribution in [2.75, 3.05) is 0 Å². The van der Waals surface area contributed by atoms with E-state index in [1.165, 1.54) is 5.56 Å². The molecule has 0 saturated carbocycles. The van der Waals surface area contributed by atoms with Gasteiger partial charge in [-0.25, -0.2) is 0 Å². The fraction of sp³-hybridized carbons (Fsp3) is 0.188. The van der Waals surface area contributed by atoms with Crippen molar-refractivity contribution in [3.05, 3.63) is 63.6 Å². The Balaban J connectivity index is 1.82. The smallest absolute Gasteiger partial charge is 0.120 e. The molecule has 1 aliphatic heterocycles. The number of hydrazone groups is 1. The maximum Gasteiger partial charge on any atom is 0.120 e. The highest BCUT2D eigenvalue weighted by atomic mass is 79.9. The Hall–Kier alpha value is -1.81. The van der Waals surface area contributed by atoms with Crippen molar-refractivity contribution >= 4 is 21.6 Å². The van der Waals surface area contributed by atoms with E-state index in [4.69, 9.17) is 0 Å². The van der Waals surface area contributed by atoms with E-state index in [1.54, 1.807) is 6.07 Å². The summed E-state index contributed by atoms with van der Waals surface area (Å²) in [6.45, 7) is 2.07. The van der Waals surface area contributed by atoms with Crippen molar-refractivity contribution in [3.8, 4) is 5.75 Å². The van der Waals surface area contributed by atoms with E-state index in [1.807, 2.05) is 12.1 Å². The van der Waals surface area contributed by atoms with Gasteiger partial charge in [-0.1, -0.05) is 45.8 Å². The minimum Gasteiger partial charge on any atom is -0.508 e. The van der Waals surface area contributed by atoms with E-state index in [-0.39, 0.29) is 6.04 Å². The van der Waals surface area contributed by atoms with Crippen molar-refractivity contribution in [2.24, 2.45) is 5.10 Å². The first-order chi connectivity index (χ1) is 9.63. The van der Waals surface area contributed by atoms with E-state index >= 15 is 0 Å². The predicted molar refractivity (Wildman–Crippen MR) is 84.0 cm³/mol. The molecule has 0 spiro atoms. The van der Waals surface area contributed by atoms with Crippen LogP contribution in [0.5, 0.6) is 5.75 Å². The standard InChI is InChI=1S/C16H15BrN2O/c1-10-2-4-11(5-3-10)14-9-15(19-18-14)13-8-12(17)6-7-16(13)20/h2-8,15,19-20H,9H2,1H3. The molecular weight excluding hydrogens is 316 g/mol. The third-order valence-corrected chi connectivity index (χ3v) is 4.00. The number of aryl methyl sites for hydroxylation is 1. The number of aromatic hydroxyl groups is 1. The molecule has 0 bridgehead atoms. The summed E-state index contributed by atoms with van der Waals surface area (Å²) in [7, 11) is 0. The van der Waals surface area contributed by atoms with Gasteiger partial charge in [0.25, 0.3) is 0 Å². The summed E-state index contributed by atoms with van der Waals surface area (Å²) >= 11 is 3.44. The van der Waals surface area contributed by atoms with Crippen LogP contribution in [0.25, 0.3) is 0 Å². The van der Waals surface area contributed by atoms with E-state index in [0.717, 1.165) is 27.7 Å². The molecule has 1 aliphatic rings. The monoisotopic (exact) mass is 330 g/mol. The van der Waals surface area contributed by atoms with Gasteiger partial charge in [-0.15, -0.1) is 0 Å². The van der Waals surface area contributed by atoms with Crippen LogP contribution < -0.4 is 5.43 Å². The van der Waals surface area contributed by atoms with E-state index in [9.17, 15) is 5.11 Å². The number of nitrogens with zero attached hydrogens (tertiary/aromatic N) is 1. The Bertz CT molecular complexity index is 665. The van der Waals surface area contributed by atoms with Gasteiger partial charge in [0.1, 0.15) is 5.75 Å². The van der Waals surface area contributed by atoms with Crippen molar-refractivity contribution in [1.82, 2.24) is 5.43 Å². The average molecular weight is 331 g/mol. The molecule has 0 saturated heterocycles. The summed E-state index contributed by atoms with van der Waals surface area (Å²) < 4.78 is 0.955. The second-order valence-electron chi connectivity index (χ2n) is 5.01. The van der Waals surface area contributed by atoms with Crippen LogP contribution in [0.15, 0.2) is 52.0 Å². The zero-order valence-electron chi connectivity index (χ0n) is 11.1. The molecule has 4 heteroatoms. The van der Waals surface area contributed by atoms with Gasteiger partial charge >= 0.3 is 0 Å². The number of benzene rings is 2. The number of rotatable bonds is 2. The van der Waals surface area contributed by atoms with Crippen LogP contribution in [-0.2, 0) is 0 Å². The Morgan fingerprint density at radius 1 is 1.20 bits per heavy atom. The molecule has 0 aromatic heterocycles. The highest BCUT2D eigenvalue weighted by Gasteiger charge is 2.23. The third-order valence-electron chi connectivity index (χ3n) is 3.50. The van der Waals surface area contributed by atoms with Gasteiger partial charge in [-0.3, -0.25) is 0 Å². The molecule has 102 valence electrons. The minimum atomic E-state index is 0.0174. The molecule has 2 N–H and O–H groups in total. The maximum atomic E-state index is 9.98. The minimum absolute atomic E-state index is 0.0174. The van der Waals surface area contributed by atoms with Gasteiger partial charge in [0.15, 0.2) is 0 Å². The van der Waals surface area contributed by atoms with Crippen LogP contribution in [0.3, 0.4) is 0 Å². The van der Waals surface area contributed by atoms with Gasteiger partial charge in [0, 0.05) is 16.5 Å². The fourth-order valence-electron chi connectivity index (χ4n) is 2.35. The van der Waals surface area contributed by atoms with Crippen molar-refractivity contribution < 1.29 is 5.11 Å². The van der Waals surface area contributed by atoms with Gasteiger partial charge in [-0.05, 0) is 30.7 Å². The maximum absolute atomic E-state index is 9.98. The zero-order chi connectivity index (χ0) is 14.1. The summed E-state index contributed by atoms with van der Waals surface area (Å²) in [5, 5.41) is 14.4. The van der Waals surface area contributed by atoms with Crippen LogP contribution >= 0.6 is 15.9 Å². The van der Waals surface area contributed by atoms with E-state index < -0.39 is 0 Å². The topological polar surface area (TPSA) is 44.6 Å². The van der Waals surface area contributed by atoms with Crippen LogP contribution in [0, 0.1) is 6.92 Å². The normalized spacial score (nSPS) is 17.7. The number of hydrogen-bond donors (Lipinski definition) is 2. The van der Waals surface area contributed by atoms with E-state index in [0.29, 0.717) is 5.75 Å². The first-order valence-corrected chi connectivity index (χ1v) is 7.30. The lowest BCUT2D eigenvalue weighted by Crippen LogP contribution is -2.10. The molecular formula is C16H15BrN2O. The number of phenolic OH excluding ortho intramolecular Hbond substituents is 1. The molecule has 0 aliphatic carbocycles. The second-order valence-corrected chi connectivity index (χ2v) is 5.93. The van der Waals surface area contributed by atoms with Crippen LogP contribution in [0.2, 0.25) is 0 Å². The van der Waals surface area contributed by atoms with Crippen molar-refractivity contribution in [2.45, 2.75) is 19.4 Å². The number of nitrogens with one attached hydrogen (secondary N) is 1. The Morgan fingerprint density at radius 3 is 2.70 bits per heavy atom. The van der Waals surface area contributed by atoms with Gasteiger partial charge in [0.05, 0.1) is 11.8 Å². The van der Waals surface area contributed by atoms with Gasteiger partial charge < -0.3 is 10.5 Å². The lowest BCUT2D eigenvalue weighted by atomic mass is 9.98. The molecule has 1 heterocycles. The molecule has 3 nitrogen and oxygen atoms in total. The molecule has 1 atom stereocenters. The first kappa shape index (κ1) is 13.2. The van der Waals surface area contributed by atoms with Crippen LogP contribution in [0.4, 0.5) is 0 Å². The number of phenols is 1. The van der Waals surface area contributed by atoms with Gasteiger partial charge in [-0.2, -0.15) is 5.10 Å². The quantitative estimate of drug-likeness (QED) is 0.877. The Labute approximate surface area is 126 Å². The lowest BCUT2D eigenvalue weighted by Gasteiger charge is -2.12. The summed E-state index contributed by atoms with van der Waals surface area (Å²) in [6, 6.07) is 13.8. The Morgan fingerprint density at radius 2 is 1.95 bits per heavy atom. The SMILES string of the molecule is Cc1ccc(C2=NNC(c3cc(Br)ccc3O)C2)cc1. The van der Waals surface area contributed by atoms with Crippen LogP contribution in [0.1, 0.15) is 29.2 Å². The molecule has 2 aromatic rings. The summed E-state index contributed by atoms with van der Waals surface area (Å²) in [4.78, 5) is 0. The molecule has 1 unspecified atom stereocenters. The highest BCUT2D eigenvalue weighted by molar-refractivity contribution is 9.10. The fourth-order valence-corrected chi connectivity index (χ4v) is 2.73. The summed E-state index contributed by atoms with van der Waals surface area (Å²) in [6.07, 6.45) is 0.771. The van der Waals surface area contributed by atoms with E-state index in [2.05, 4.69) is 57.6 Å². The average Bonchev–Trinajstić information content (AvgIpc) is 2.92. The molecule has 20 heavy (non-hydrogen) atoms. The highest BCUT2D eigenvalue weighted by Crippen LogP contribution is 2.32. The first-order valence-electron chi connectivity index (χ1n) is 6.51.